The van der Waals surface area contributed by atoms with Gasteiger partial charge in [0.25, 0.3) is 0 Å². The van der Waals surface area contributed by atoms with Crippen molar-refractivity contribution < 1.29 is 9.53 Å². The Morgan fingerprint density at radius 3 is 2.73 bits per heavy atom. The van der Waals surface area contributed by atoms with Crippen LogP contribution in [-0.4, -0.2) is 66.3 Å². The third kappa shape index (κ3) is 2.85. The summed E-state index contributed by atoms with van der Waals surface area (Å²) >= 11 is 0. The molecule has 1 N–H and O–H groups in total. The third-order valence-electron chi connectivity index (χ3n) is 4.50. The van der Waals surface area contributed by atoms with Crippen molar-refractivity contribution in [3.63, 3.8) is 0 Å². The average Bonchev–Trinajstić information content (AvgIpc) is 3.36. The van der Waals surface area contributed by atoms with Crippen molar-refractivity contribution in [3.05, 3.63) is 18.1 Å². The molecule has 1 aromatic heterocycles. The van der Waals surface area contributed by atoms with Crippen molar-refractivity contribution >= 4 is 11.8 Å². The van der Waals surface area contributed by atoms with Gasteiger partial charge in [0.15, 0.2) is 0 Å². The Morgan fingerprint density at radius 1 is 1.23 bits per heavy atom. The second-order valence-electron chi connectivity index (χ2n) is 6.23. The molecule has 118 valence electrons. The van der Waals surface area contributed by atoms with Crippen LogP contribution in [0, 0.1) is 0 Å². The highest BCUT2D eigenvalue weighted by Gasteiger charge is 2.32. The fourth-order valence-electron chi connectivity index (χ4n) is 2.93. The maximum absolute atomic E-state index is 12.1. The van der Waals surface area contributed by atoms with E-state index < -0.39 is 0 Å². The second kappa shape index (κ2) is 5.72. The van der Waals surface area contributed by atoms with Gasteiger partial charge in [-0.1, -0.05) is 0 Å². The summed E-state index contributed by atoms with van der Waals surface area (Å²) in [6.07, 6.45) is 4.14. The molecule has 0 aromatic carbocycles. The number of amides is 2. The molecule has 2 saturated heterocycles. The van der Waals surface area contributed by atoms with E-state index in [1.54, 1.807) is 6.33 Å². The van der Waals surface area contributed by atoms with Gasteiger partial charge in [-0.15, -0.1) is 0 Å². The van der Waals surface area contributed by atoms with Crippen LogP contribution in [0.25, 0.3) is 0 Å². The zero-order valence-corrected chi connectivity index (χ0v) is 12.6. The summed E-state index contributed by atoms with van der Waals surface area (Å²) in [5.74, 6) is 1.62. The van der Waals surface area contributed by atoms with Crippen molar-refractivity contribution in [1.29, 1.82) is 0 Å². The van der Waals surface area contributed by atoms with Gasteiger partial charge in [-0.05, 0) is 12.8 Å². The lowest BCUT2D eigenvalue weighted by Crippen LogP contribution is -2.62. The van der Waals surface area contributed by atoms with Gasteiger partial charge in [0, 0.05) is 43.9 Å². The number of carbonyl (C=O) groups excluding carboxylic acids is 1. The number of hydrogen-bond acceptors (Lipinski definition) is 5. The Balaban J connectivity index is 1.28. The maximum Gasteiger partial charge on any atom is 0.317 e. The first-order valence-corrected chi connectivity index (χ1v) is 7.99. The Bertz CT molecular complexity index is 551. The Labute approximate surface area is 129 Å². The van der Waals surface area contributed by atoms with E-state index in [9.17, 15) is 4.79 Å². The normalized spacial score (nSPS) is 22.4. The first-order chi connectivity index (χ1) is 10.8. The van der Waals surface area contributed by atoms with E-state index in [-0.39, 0.29) is 12.1 Å². The minimum Gasteiger partial charge on any atom is -0.378 e. The first kappa shape index (κ1) is 13.8. The number of morpholine rings is 1. The molecular weight excluding hydrogens is 282 g/mol. The standard InChI is InChI=1S/C15H21N5O2/c21-15(19-3-5-22-6-4-19)18-12-8-20(9-12)14-7-13(11-1-2-11)16-10-17-14/h7,10-12H,1-6,8-9H2,(H,18,21). The lowest BCUT2D eigenvalue weighted by atomic mass is 10.1. The number of rotatable bonds is 3. The predicted octanol–water partition coefficient (Wildman–Crippen LogP) is 0.584. The van der Waals surface area contributed by atoms with Crippen LogP contribution < -0.4 is 10.2 Å². The molecule has 2 aliphatic heterocycles. The molecule has 7 heteroatoms. The van der Waals surface area contributed by atoms with E-state index >= 15 is 0 Å². The van der Waals surface area contributed by atoms with Crippen LogP contribution in [0.5, 0.6) is 0 Å². The quantitative estimate of drug-likeness (QED) is 0.885. The second-order valence-corrected chi connectivity index (χ2v) is 6.23. The van der Waals surface area contributed by atoms with Gasteiger partial charge < -0.3 is 19.9 Å². The highest BCUT2D eigenvalue weighted by molar-refractivity contribution is 5.75. The van der Waals surface area contributed by atoms with Crippen molar-refractivity contribution in [1.82, 2.24) is 20.2 Å². The summed E-state index contributed by atoms with van der Waals surface area (Å²) in [6.45, 7) is 4.26. The van der Waals surface area contributed by atoms with Crippen LogP contribution in [0.3, 0.4) is 0 Å². The molecule has 1 saturated carbocycles. The zero-order valence-electron chi connectivity index (χ0n) is 12.6. The SMILES string of the molecule is O=C(NC1CN(c2cc(C3CC3)ncn2)C1)N1CCOCC1. The molecule has 7 nitrogen and oxygen atoms in total. The number of anilines is 1. The van der Waals surface area contributed by atoms with Gasteiger partial charge in [-0.25, -0.2) is 14.8 Å². The van der Waals surface area contributed by atoms with Crippen LogP contribution in [0.1, 0.15) is 24.5 Å². The van der Waals surface area contributed by atoms with Crippen LogP contribution in [0.4, 0.5) is 10.6 Å². The Kier molecular flexibility index (Phi) is 3.57. The summed E-state index contributed by atoms with van der Waals surface area (Å²) in [5, 5.41) is 3.08. The minimum atomic E-state index is 0.0225. The molecule has 22 heavy (non-hydrogen) atoms. The molecule has 0 radical (unpaired) electrons. The minimum absolute atomic E-state index is 0.0225. The first-order valence-electron chi connectivity index (χ1n) is 7.99. The van der Waals surface area contributed by atoms with Crippen LogP contribution in [0.2, 0.25) is 0 Å². The van der Waals surface area contributed by atoms with Crippen molar-refractivity contribution in [3.8, 4) is 0 Å². The smallest absolute Gasteiger partial charge is 0.317 e. The molecular formula is C15H21N5O2. The largest absolute Gasteiger partial charge is 0.378 e. The third-order valence-corrected chi connectivity index (χ3v) is 4.50. The van der Waals surface area contributed by atoms with Gasteiger partial charge in [0.05, 0.1) is 19.3 Å². The average molecular weight is 303 g/mol. The molecule has 3 aliphatic rings. The van der Waals surface area contributed by atoms with Crippen LogP contribution >= 0.6 is 0 Å². The number of carbonyl (C=O) groups is 1. The molecule has 0 bridgehead atoms. The molecule has 2 amide bonds. The van der Waals surface area contributed by atoms with Crippen molar-refractivity contribution in [2.45, 2.75) is 24.8 Å². The van der Waals surface area contributed by atoms with Gasteiger partial charge in [-0.2, -0.15) is 0 Å². The molecule has 0 spiro atoms. The number of aromatic nitrogens is 2. The van der Waals surface area contributed by atoms with E-state index in [4.69, 9.17) is 4.74 Å². The van der Waals surface area contributed by atoms with E-state index in [2.05, 4.69) is 26.3 Å². The van der Waals surface area contributed by atoms with Crippen LogP contribution in [0.15, 0.2) is 12.4 Å². The van der Waals surface area contributed by atoms with E-state index in [0.29, 0.717) is 32.2 Å². The molecule has 3 heterocycles. The highest BCUT2D eigenvalue weighted by Crippen LogP contribution is 2.39. The molecule has 1 aromatic rings. The number of nitrogens with zero attached hydrogens (tertiary/aromatic N) is 4. The van der Waals surface area contributed by atoms with Gasteiger partial charge >= 0.3 is 6.03 Å². The molecule has 0 atom stereocenters. The van der Waals surface area contributed by atoms with Crippen molar-refractivity contribution in [2.75, 3.05) is 44.3 Å². The van der Waals surface area contributed by atoms with Crippen LogP contribution in [-0.2, 0) is 4.74 Å². The Hall–Kier alpha value is -1.89. The summed E-state index contributed by atoms with van der Waals surface area (Å²) < 4.78 is 5.26. The lowest BCUT2D eigenvalue weighted by Gasteiger charge is -2.41. The Morgan fingerprint density at radius 2 is 2.00 bits per heavy atom. The fourth-order valence-corrected chi connectivity index (χ4v) is 2.93. The highest BCUT2D eigenvalue weighted by atomic mass is 16.5. The fraction of sp³-hybridized carbons (Fsp3) is 0.667. The molecule has 4 rings (SSSR count). The zero-order chi connectivity index (χ0) is 14.9. The molecule has 0 unspecified atom stereocenters. The monoisotopic (exact) mass is 303 g/mol. The summed E-state index contributed by atoms with van der Waals surface area (Å²) in [4.78, 5) is 24.8. The molecule has 1 aliphatic carbocycles. The number of hydrogen-bond donors (Lipinski definition) is 1. The van der Waals surface area contributed by atoms with E-state index in [0.717, 1.165) is 24.6 Å². The van der Waals surface area contributed by atoms with E-state index in [1.807, 2.05) is 4.90 Å². The van der Waals surface area contributed by atoms with Gasteiger partial charge in [0.1, 0.15) is 12.1 Å². The maximum atomic E-state index is 12.1. The number of urea groups is 1. The lowest BCUT2D eigenvalue weighted by molar-refractivity contribution is 0.0522. The molecule has 3 fully saturated rings. The summed E-state index contributed by atoms with van der Waals surface area (Å²) in [7, 11) is 0. The van der Waals surface area contributed by atoms with Gasteiger partial charge in [0.2, 0.25) is 0 Å². The van der Waals surface area contributed by atoms with Gasteiger partial charge in [-0.3, -0.25) is 0 Å². The summed E-state index contributed by atoms with van der Waals surface area (Å²) in [5.41, 5.74) is 1.16. The topological polar surface area (TPSA) is 70.6 Å². The number of ether oxygens (including phenoxy) is 1. The van der Waals surface area contributed by atoms with E-state index in [1.165, 1.54) is 12.8 Å². The summed E-state index contributed by atoms with van der Waals surface area (Å²) in [6, 6.07) is 2.32. The van der Waals surface area contributed by atoms with Crippen molar-refractivity contribution in [2.24, 2.45) is 0 Å². The predicted molar refractivity (Wildman–Crippen MR) is 80.9 cm³/mol. The number of nitrogens with one attached hydrogen (secondary N) is 1.